The van der Waals surface area contributed by atoms with Crippen molar-refractivity contribution in [2.75, 3.05) is 13.7 Å². The van der Waals surface area contributed by atoms with Gasteiger partial charge in [0.25, 0.3) is 5.91 Å². The van der Waals surface area contributed by atoms with E-state index in [2.05, 4.69) is 12.2 Å². The Morgan fingerprint density at radius 2 is 1.92 bits per heavy atom. The van der Waals surface area contributed by atoms with Crippen molar-refractivity contribution in [3.8, 4) is 11.5 Å². The van der Waals surface area contributed by atoms with E-state index in [4.69, 9.17) is 9.47 Å². The Morgan fingerprint density at radius 3 is 2.50 bits per heavy atom. The van der Waals surface area contributed by atoms with Crippen LogP contribution in [0.5, 0.6) is 11.5 Å². The Labute approximate surface area is 152 Å². The monoisotopic (exact) mass is 358 g/mol. The fourth-order valence-corrected chi connectivity index (χ4v) is 2.44. The van der Waals surface area contributed by atoms with Crippen molar-refractivity contribution >= 4 is 11.6 Å². The third-order valence-electron chi connectivity index (χ3n) is 3.99. The summed E-state index contributed by atoms with van der Waals surface area (Å²) in [7, 11) is 1.42. The standard InChI is InChI=1S/C19H22N2O5/c1-4-14-5-7-15(8-6-14)13(2)20-19(22)12-26-18-10-9-16(25-3)11-17(18)21(23)24/h5-11,13H,4,12H2,1-3H3,(H,20,22)/t13-/m0/s1. The van der Waals surface area contributed by atoms with Crippen molar-refractivity contribution in [2.24, 2.45) is 0 Å². The molecular weight excluding hydrogens is 336 g/mol. The highest BCUT2D eigenvalue weighted by molar-refractivity contribution is 5.78. The van der Waals surface area contributed by atoms with Crippen molar-refractivity contribution in [1.29, 1.82) is 0 Å². The van der Waals surface area contributed by atoms with Crippen LogP contribution in [0.15, 0.2) is 42.5 Å². The van der Waals surface area contributed by atoms with Crippen LogP contribution in [0.25, 0.3) is 0 Å². The minimum absolute atomic E-state index is 0.0194. The molecule has 0 spiro atoms. The van der Waals surface area contributed by atoms with E-state index in [0.717, 1.165) is 12.0 Å². The molecule has 0 bridgehead atoms. The van der Waals surface area contributed by atoms with Crippen LogP contribution in [0.2, 0.25) is 0 Å². The number of ether oxygens (including phenoxy) is 2. The van der Waals surface area contributed by atoms with Gasteiger partial charge in [0.1, 0.15) is 5.75 Å². The number of nitro benzene ring substituents is 1. The van der Waals surface area contributed by atoms with Crippen LogP contribution in [-0.2, 0) is 11.2 Å². The van der Waals surface area contributed by atoms with Gasteiger partial charge in [0.2, 0.25) is 0 Å². The van der Waals surface area contributed by atoms with E-state index in [9.17, 15) is 14.9 Å². The molecule has 1 amide bonds. The van der Waals surface area contributed by atoms with Crippen molar-refractivity contribution in [3.63, 3.8) is 0 Å². The number of amides is 1. The topological polar surface area (TPSA) is 90.7 Å². The van der Waals surface area contributed by atoms with Crippen LogP contribution in [0.4, 0.5) is 5.69 Å². The van der Waals surface area contributed by atoms with E-state index in [0.29, 0.717) is 5.75 Å². The smallest absolute Gasteiger partial charge is 0.314 e. The Morgan fingerprint density at radius 1 is 1.23 bits per heavy atom. The second kappa shape index (κ2) is 8.84. The zero-order valence-electron chi connectivity index (χ0n) is 15.0. The maximum absolute atomic E-state index is 12.1. The molecule has 26 heavy (non-hydrogen) atoms. The minimum atomic E-state index is -0.576. The van der Waals surface area contributed by atoms with E-state index in [1.807, 2.05) is 31.2 Å². The van der Waals surface area contributed by atoms with Crippen LogP contribution in [-0.4, -0.2) is 24.5 Å². The van der Waals surface area contributed by atoms with Gasteiger partial charge >= 0.3 is 5.69 Å². The molecule has 0 aliphatic carbocycles. The molecule has 0 saturated heterocycles. The van der Waals surface area contributed by atoms with Gasteiger partial charge in [0.05, 0.1) is 24.1 Å². The minimum Gasteiger partial charge on any atom is -0.496 e. The predicted octanol–water partition coefficient (Wildman–Crippen LogP) is 3.42. The van der Waals surface area contributed by atoms with Crippen LogP contribution in [0.1, 0.15) is 31.0 Å². The zero-order valence-corrected chi connectivity index (χ0v) is 15.0. The zero-order chi connectivity index (χ0) is 19.1. The lowest BCUT2D eigenvalue weighted by Crippen LogP contribution is -2.31. The van der Waals surface area contributed by atoms with Gasteiger partial charge in [-0.3, -0.25) is 14.9 Å². The summed E-state index contributed by atoms with van der Waals surface area (Å²) >= 11 is 0. The van der Waals surface area contributed by atoms with Gasteiger partial charge in [-0.25, -0.2) is 0 Å². The molecule has 0 heterocycles. The predicted molar refractivity (Wildman–Crippen MR) is 97.5 cm³/mol. The first-order valence-corrected chi connectivity index (χ1v) is 8.28. The molecule has 0 saturated carbocycles. The summed E-state index contributed by atoms with van der Waals surface area (Å²) in [6, 6.07) is 12.0. The number of hydrogen-bond acceptors (Lipinski definition) is 5. The maximum Gasteiger partial charge on any atom is 0.314 e. The summed E-state index contributed by atoms with van der Waals surface area (Å²) in [5, 5.41) is 13.9. The molecule has 0 radical (unpaired) electrons. The van der Waals surface area contributed by atoms with Gasteiger partial charge in [-0.15, -0.1) is 0 Å². The van der Waals surface area contributed by atoms with Crippen LogP contribution in [0, 0.1) is 10.1 Å². The molecule has 138 valence electrons. The Balaban J connectivity index is 1.96. The first-order valence-electron chi connectivity index (χ1n) is 8.28. The number of nitro groups is 1. The molecule has 1 atom stereocenters. The number of benzene rings is 2. The van der Waals surface area contributed by atoms with Gasteiger partial charge < -0.3 is 14.8 Å². The van der Waals surface area contributed by atoms with Crippen LogP contribution < -0.4 is 14.8 Å². The third kappa shape index (κ3) is 4.95. The first-order chi connectivity index (χ1) is 12.4. The molecule has 2 aromatic carbocycles. The number of nitrogens with zero attached hydrogens (tertiary/aromatic N) is 1. The molecule has 7 heteroatoms. The highest BCUT2D eigenvalue weighted by atomic mass is 16.6. The number of carbonyl (C=O) groups is 1. The largest absolute Gasteiger partial charge is 0.496 e. The molecule has 0 aliphatic heterocycles. The number of aryl methyl sites for hydroxylation is 1. The highest BCUT2D eigenvalue weighted by Gasteiger charge is 2.18. The molecular formula is C19H22N2O5. The number of hydrogen-bond donors (Lipinski definition) is 1. The summed E-state index contributed by atoms with van der Waals surface area (Å²) < 4.78 is 10.3. The van der Waals surface area contributed by atoms with Gasteiger partial charge in [0.15, 0.2) is 12.4 Å². The Bertz CT molecular complexity index is 774. The van der Waals surface area contributed by atoms with Gasteiger partial charge in [-0.05, 0) is 36.6 Å². The average Bonchev–Trinajstić information content (AvgIpc) is 2.66. The Kier molecular flexibility index (Phi) is 6.54. The third-order valence-corrected chi connectivity index (χ3v) is 3.99. The van der Waals surface area contributed by atoms with E-state index in [-0.39, 0.29) is 30.0 Å². The van der Waals surface area contributed by atoms with E-state index >= 15 is 0 Å². The molecule has 2 aromatic rings. The van der Waals surface area contributed by atoms with E-state index in [1.54, 1.807) is 0 Å². The molecule has 0 aliphatic rings. The first kappa shape index (κ1) is 19.2. The number of methoxy groups -OCH3 is 1. The van der Waals surface area contributed by atoms with Crippen molar-refractivity contribution in [2.45, 2.75) is 26.3 Å². The lowest BCUT2D eigenvalue weighted by Gasteiger charge is -2.15. The van der Waals surface area contributed by atoms with Crippen molar-refractivity contribution in [1.82, 2.24) is 5.32 Å². The van der Waals surface area contributed by atoms with Gasteiger partial charge in [-0.1, -0.05) is 31.2 Å². The van der Waals surface area contributed by atoms with Crippen LogP contribution in [0.3, 0.4) is 0 Å². The highest BCUT2D eigenvalue weighted by Crippen LogP contribution is 2.30. The molecule has 7 nitrogen and oxygen atoms in total. The fourth-order valence-electron chi connectivity index (χ4n) is 2.44. The molecule has 1 N–H and O–H groups in total. The summed E-state index contributed by atoms with van der Waals surface area (Å²) in [6.07, 6.45) is 0.954. The SMILES string of the molecule is CCc1ccc([C@H](C)NC(=O)COc2ccc(OC)cc2[N+](=O)[O-])cc1. The average molecular weight is 358 g/mol. The molecule has 0 unspecified atom stereocenters. The van der Waals surface area contributed by atoms with Crippen LogP contribution >= 0.6 is 0 Å². The molecule has 0 fully saturated rings. The number of nitrogens with one attached hydrogen (secondary N) is 1. The van der Waals surface area contributed by atoms with Gasteiger partial charge in [-0.2, -0.15) is 0 Å². The normalized spacial score (nSPS) is 11.5. The summed E-state index contributed by atoms with van der Waals surface area (Å²) in [5.74, 6) is 0.00531. The fraction of sp³-hybridized carbons (Fsp3) is 0.316. The van der Waals surface area contributed by atoms with Gasteiger partial charge in [0, 0.05) is 0 Å². The number of carbonyl (C=O) groups excluding carboxylic acids is 1. The summed E-state index contributed by atoms with van der Waals surface area (Å²) in [6.45, 7) is 3.63. The number of rotatable bonds is 8. The van der Waals surface area contributed by atoms with Crippen molar-refractivity contribution in [3.05, 3.63) is 63.7 Å². The second-order valence-corrected chi connectivity index (χ2v) is 5.76. The quantitative estimate of drug-likeness (QED) is 0.577. The summed E-state index contributed by atoms with van der Waals surface area (Å²) in [4.78, 5) is 22.6. The summed E-state index contributed by atoms with van der Waals surface area (Å²) in [5.41, 5.74) is 1.95. The van der Waals surface area contributed by atoms with Crippen molar-refractivity contribution < 1.29 is 19.2 Å². The van der Waals surface area contributed by atoms with E-state index in [1.165, 1.54) is 30.9 Å². The molecule has 2 rings (SSSR count). The lowest BCUT2D eigenvalue weighted by molar-refractivity contribution is -0.385. The second-order valence-electron chi connectivity index (χ2n) is 5.76. The Hall–Kier alpha value is -3.09. The maximum atomic E-state index is 12.1. The lowest BCUT2D eigenvalue weighted by atomic mass is 10.1. The van der Waals surface area contributed by atoms with E-state index < -0.39 is 4.92 Å². The molecule has 0 aromatic heterocycles.